The highest BCUT2D eigenvalue weighted by Gasteiger charge is 2.20. The van der Waals surface area contributed by atoms with Crippen LogP contribution in [-0.4, -0.2) is 85.4 Å². The van der Waals surface area contributed by atoms with Crippen LogP contribution in [0.1, 0.15) is 6.42 Å². The minimum absolute atomic E-state index is 0.713. The van der Waals surface area contributed by atoms with Gasteiger partial charge in [0.15, 0.2) is 0 Å². The summed E-state index contributed by atoms with van der Waals surface area (Å²) in [6.45, 7) is 9.28. The number of hydrogen-bond donors (Lipinski definition) is 1. The zero-order chi connectivity index (χ0) is 22.5. The van der Waals surface area contributed by atoms with Gasteiger partial charge in [-0.15, -0.1) is 0 Å². The monoisotopic (exact) mass is 467 g/mol. The van der Waals surface area contributed by atoms with Gasteiger partial charge >= 0.3 is 0 Å². The SMILES string of the molecule is Clc1ccc2c(NCCCN3CCN(c4ccnc(N5CCOCC5)n4)CC3)ccnc2c1. The van der Waals surface area contributed by atoms with E-state index in [-0.39, 0.29) is 0 Å². The second kappa shape index (κ2) is 10.5. The number of morpholine rings is 1. The van der Waals surface area contributed by atoms with Gasteiger partial charge in [-0.3, -0.25) is 9.88 Å². The zero-order valence-corrected chi connectivity index (χ0v) is 19.5. The largest absolute Gasteiger partial charge is 0.384 e. The Morgan fingerprint density at radius 1 is 0.909 bits per heavy atom. The molecule has 3 aromatic rings. The summed E-state index contributed by atoms with van der Waals surface area (Å²) in [5.41, 5.74) is 2.03. The summed E-state index contributed by atoms with van der Waals surface area (Å²) in [6.07, 6.45) is 4.80. The van der Waals surface area contributed by atoms with Gasteiger partial charge in [0.1, 0.15) is 5.82 Å². The molecule has 1 N–H and O–H groups in total. The summed E-state index contributed by atoms with van der Waals surface area (Å²) < 4.78 is 5.44. The summed E-state index contributed by atoms with van der Waals surface area (Å²) in [7, 11) is 0. The van der Waals surface area contributed by atoms with E-state index >= 15 is 0 Å². The minimum atomic E-state index is 0.713. The van der Waals surface area contributed by atoms with Crippen molar-refractivity contribution < 1.29 is 4.74 Å². The van der Waals surface area contributed by atoms with E-state index in [1.54, 1.807) is 0 Å². The molecule has 0 aliphatic carbocycles. The average Bonchev–Trinajstić information content (AvgIpc) is 2.87. The number of pyridine rings is 1. The van der Waals surface area contributed by atoms with Crippen LogP contribution in [0.2, 0.25) is 5.02 Å². The standard InChI is InChI=1S/C24H30ClN7O/c25-19-2-3-20-21(4-7-27-22(20)18-19)26-6-1-9-30-10-12-31(13-11-30)23-5-8-28-24(29-23)32-14-16-33-17-15-32/h2-5,7-8,18H,1,6,9-17H2,(H,26,27). The van der Waals surface area contributed by atoms with Crippen molar-refractivity contribution >= 4 is 40.0 Å². The first kappa shape index (κ1) is 22.1. The number of hydrogen-bond acceptors (Lipinski definition) is 8. The predicted octanol–water partition coefficient (Wildman–Crippen LogP) is 3.14. The topological polar surface area (TPSA) is 69.7 Å². The molecule has 2 aliphatic rings. The number of aromatic nitrogens is 3. The highest BCUT2D eigenvalue weighted by Crippen LogP contribution is 2.24. The number of benzene rings is 1. The molecule has 2 aliphatic heterocycles. The first-order valence-corrected chi connectivity index (χ1v) is 12.1. The van der Waals surface area contributed by atoms with Crippen LogP contribution in [0.25, 0.3) is 10.9 Å². The third kappa shape index (κ3) is 5.46. The predicted molar refractivity (Wildman–Crippen MR) is 134 cm³/mol. The highest BCUT2D eigenvalue weighted by molar-refractivity contribution is 6.31. The summed E-state index contributed by atoms with van der Waals surface area (Å²) in [4.78, 5) is 20.8. The van der Waals surface area contributed by atoms with Crippen molar-refractivity contribution in [3.63, 3.8) is 0 Å². The molecule has 174 valence electrons. The van der Waals surface area contributed by atoms with Gasteiger partial charge in [-0.25, -0.2) is 4.98 Å². The van der Waals surface area contributed by atoms with Crippen LogP contribution in [0.3, 0.4) is 0 Å². The normalized spacial score (nSPS) is 17.5. The lowest BCUT2D eigenvalue weighted by atomic mass is 10.2. The molecule has 0 bridgehead atoms. The molecular weight excluding hydrogens is 438 g/mol. The third-order valence-corrected chi connectivity index (χ3v) is 6.52. The second-order valence-corrected chi connectivity index (χ2v) is 8.88. The van der Waals surface area contributed by atoms with E-state index < -0.39 is 0 Å². The molecule has 0 spiro atoms. The zero-order valence-electron chi connectivity index (χ0n) is 18.8. The lowest BCUT2D eigenvalue weighted by Crippen LogP contribution is -2.47. The summed E-state index contributed by atoms with van der Waals surface area (Å²) in [6, 6.07) is 9.91. The number of ether oxygens (including phenoxy) is 1. The molecule has 4 heterocycles. The molecule has 8 nitrogen and oxygen atoms in total. The smallest absolute Gasteiger partial charge is 0.227 e. The fourth-order valence-electron chi connectivity index (χ4n) is 4.43. The Balaban J connectivity index is 1.08. The van der Waals surface area contributed by atoms with Crippen molar-refractivity contribution in [2.45, 2.75) is 6.42 Å². The maximum atomic E-state index is 6.09. The first-order valence-electron chi connectivity index (χ1n) is 11.7. The molecule has 1 aromatic carbocycles. The molecule has 5 rings (SSSR count). The molecular formula is C24H30ClN7O. The number of fused-ring (bicyclic) bond motifs is 1. The van der Waals surface area contributed by atoms with Gasteiger partial charge in [0.05, 0.1) is 18.7 Å². The number of halogens is 1. The quantitative estimate of drug-likeness (QED) is 0.531. The number of piperazine rings is 1. The minimum Gasteiger partial charge on any atom is -0.384 e. The fourth-order valence-corrected chi connectivity index (χ4v) is 4.60. The van der Waals surface area contributed by atoms with Crippen LogP contribution >= 0.6 is 11.6 Å². The summed E-state index contributed by atoms with van der Waals surface area (Å²) in [5.74, 6) is 1.84. The van der Waals surface area contributed by atoms with Gasteiger partial charge in [-0.2, -0.15) is 4.98 Å². The molecule has 2 saturated heterocycles. The lowest BCUT2D eigenvalue weighted by molar-refractivity contribution is 0.122. The molecule has 33 heavy (non-hydrogen) atoms. The van der Waals surface area contributed by atoms with Gasteiger partial charge in [0.2, 0.25) is 5.95 Å². The van der Waals surface area contributed by atoms with Crippen molar-refractivity contribution in [1.82, 2.24) is 19.9 Å². The van der Waals surface area contributed by atoms with Gasteiger partial charge in [0.25, 0.3) is 0 Å². The Labute approximate surface area is 199 Å². The van der Waals surface area contributed by atoms with Gasteiger partial charge in [-0.1, -0.05) is 11.6 Å². The summed E-state index contributed by atoms with van der Waals surface area (Å²) in [5, 5.41) is 5.39. The number of nitrogens with zero attached hydrogens (tertiary/aromatic N) is 6. The van der Waals surface area contributed by atoms with Crippen molar-refractivity contribution in [3.8, 4) is 0 Å². The molecule has 9 heteroatoms. The second-order valence-electron chi connectivity index (χ2n) is 8.44. The molecule has 0 unspecified atom stereocenters. The van der Waals surface area contributed by atoms with Crippen LogP contribution in [-0.2, 0) is 4.74 Å². The third-order valence-electron chi connectivity index (χ3n) is 6.29. The molecule has 0 atom stereocenters. The van der Waals surface area contributed by atoms with E-state index in [0.717, 1.165) is 100 Å². The van der Waals surface area contributed by atoms with Crippen LogP contribution in [0.5, 0.6) is 0 Å². The highest BCUT2D eigenvalue weighted by atomic mass is 35.5. The number of nitrogens with one attached hydrogen (secondary N) is 1. The Kier molecular flexibility index (Phi) is 7.04. The Hall–Kier alpha value is -2.68. The fraction of sp³-hybridized carbons (Fsp3) is 0.458. The van der Waals surface area contributed by atoms with E-state index in [1.165, 1.54) is 0 Å². The van der Waals surface area contributed by atoms with Crippen molar-refractivity contribution in [3.05, 3.63) is 47.7 Å². The maximum absolute atomic E-state index is 6.09. The molecule has 2 aromatic heterocycles. The van der Waals surface area contributed by atoms with Gasteiger partial charge < -0.3 is 19.9 Å². The maximum Gasteiger partial charge on any atom is 0.227 e. The van der Waals surface area contributed by atoms with E-state index in [1.807, 2.05) is 42.7 Å². The van der Waals surface area contributed by atoms with E-state index in [9.17, 15) is 0 Å². The Morgan fingerprint density at radius 2 is 1.73 bits per heavy atom. The number of anilines is 3. The van der Waals surface area contributed by atoms with Crippen molar-refractivity contribution in [2.24, 2.45) is 0 Å². The molecule has 2 fully saturated rings. The Morgan fingerprint density at radius 3 is 2.58 bits per heavy atom. The summed E-state index contributed by atoms with van der Waals surface area (Å²) >= 11 is 6.09. The first-order chi connectivity index (χ1) is 16.3. The molecule has 0 amide bonds. The lowest BCUT2D eigenvalue weighted by Gasteiger charge is -2.36. The molecule has 0 radical (unpaired) electrons. The Bertz CT molecular complexity index is 1070. The van der Waals surface area contributed by atoms with Gasteiger partial charge in [-0.05, 0) is 43.3 Å². The van der Waals surface area contributed by atoms with Gasteiger partial charge in [0, 0.05) is 74.3 Å². The van der Waals surface area contributed by atoms with Crippen LogP contribution in [0.4, 0.5) is 17.5 Å². The van der Waals surface area contributed by atoms with Crippen molar-refractivity contribution in [2.75, 3.05) is 80.7 Å². The van der Waals surface area contributed by atoms with Crippen molar-refractivity contribution in [1.29, 1.82) is 0 Å². The molecule has 0 saturated carbocycles. The number of rotatable bonds is 7. The van der Waals surface area contributed by atoms with E-state index in [0.29, 0.717) is 5.02 Å². The van der Waals surface area contributed by atoms with Crippen LogP contribution in [0, 0.1) is 0 Å². The van der Waals surface area contributed by atoms with E-state index in [2.05, 4.69) is 30.0 Å². The van der Waals surface area contributed by atoms with Crippen LogP contribution in [0.15, 0.2) is 42.7 Å². The average molecular weight is 468 g/mol. The van der Waals surface area contributed by atoms with Crippen LogP contribution < -0.4 is 15.1 Å². The van der Waals surface area contributed by atoms with E-state index in [4.69, 9.17) is 21.3 Å².